The fraction of sp³-hybridized carbons (Fsp3) is 0.167. The van der Waals surface area contributed by atoms with E-state index in [1.54, 1.807) is 24.3 Å². The maximum atomic E-state index is 11.7. The Hall–Kier alpha value is -2.90. The molecule has 4 N–H and O–H groups in total. The molecular formula is C12H13N5O3. The molecule has 1 heterocycles. The van der Waals surface area contributed by atoms with Gasteiger partial charge in [-0.2, -0.15) is 0 Å². The number of nitrogen functional groups attached to an aromatic ring is 1. The highest BCUT2D eigenvalue weighted by molar-refractivity contribution is 5.95. The zero-order valence-electron chi connectivity index (χ0n) is 10.7. The number of anilines is 2. The summed E-state index contributed by atoms with van der Waals surface area (Å²) in [5.74, 6) is -0.654. The van der Waals surface area contributed by atoms with E-state index in [1.165, 1.54) is 6.92 Å². The van der Waals surface area contributed by atoms with Crippen molar-refractivity contribution in [3.8, 4) is 0 Å². The molecule has 2 aromatic rings. The van der Waals surface area contributed by atoms with Crippen molar-refractivity contribution >= 4 is 23.3 Å². The molecule has 20 heavy (non-hydrogen) atoms. The number of aromatic nitrogens is 2. The lowest BCUT2D eigenvalue weighted by molar-refractivity contribution is -0.114. The van der Waals surface area contributed by atoms with Crippen LogP contribution in [0.3, 0.4) is 0 Å². The van der Waals surface area contributed by atoms with Crippen LogP contribution in [0.15, 0.2) is 28.9 Å². The van der Waals surface area contributed by atoms with Gasteiger partial charge in [-0.05, 0) is 28.0 Å². The number of hydrogen-bond donors (Lipinski definition) is 3. The van der Waals surface area contributed by atoms with Gasteiger partial charge in [0.05, 0.1) is 0 Å². The van der Waals surface area contributed by atoms with E-state index in [0.717, 1.165) is 5.56 Å². The molecule has 2 amide bonds. The molecule has 0 fully saturated rings. The van der Waals surface area contributed by atoms with Crippen LogP contribution in [0.25, 0.3) is 0 Å². The lowest BCUT2D eigenvalue weighted by Gasteiger charge is -2.05. The standard InChI is InChI=1S/C12H13N5O3/c1-7(18)15-9-4-2-8(3-5-9)6-14-12(19)10-11(13)17-20-16-10/h2-5H,6H2,1H3,(H2,13,17)(H,14,19)(H,15,18). The van der Waals surface area contributed by atoms with Crippen LogP contribution in [0.4, 0.5) is 11.5 Å². The highest BCUT2D eigenvalue weighted by atomic mass is 16.6. The van der Waals surface area contributed by atoms with E-state index in [-0.39, 0.29) is 17.4 Å². The SMILES string of the molecule is CC(=O)Nc1ccc(CNC(=O)c2nonc2N)cc1. The van der Waals surface area contributed by atoms with Crippen molar-refractivity contribution in [1.29, 1.82) is 0 Å². The third-order valence-corrected chi connectivity index (χ3v) is 2.46. The zero-order valence-corrected chi connectivity index (χ0v) is 10.7. The average molecular weight is 275 g/mol. The minimum absolute atomic E-state index is 0.0418. The van der Waals surface area contributed by atoms with E-state index in [2.05, 4.69) is 25.6 Å². The molecule has 0 saturated carbocycles. The van der Waals surface area contributed by atoms with Gasteiger partial charge in [0.25, 0.3) is 5.91 Å². The molecule has 1 aromatic heterocycles. The fourth-order valence-corrected chi connectivity index (χ4v) is 1.53. The summed E-state index contributed by atoms with van der Waals surface area (Å²) in [4.78, 5) is 22.6. The van der Waals surface area contributed by atoms with Gasteiger partial charge in [0, 0.05) is 19.2 Å². The molecule has 2 rings (SSSR count). The third-order valence-electron chi connectivity index (χ3n) is 2.46. The third kappa shape index (κ3) is 3.31. The Kier molecular flexibility index (Phi) is 3.94. The number of benzene rings is 1. The van der Waals surface area contributed by atoms with Crippen molar-refractivity contribution in [2.75, 3.05) is 11.1 Å². The van der Waals surface area contributed by atoms with Gasteiger partial charge in [-0.1, -0.05) is 12.1 Å². The summed E-state index contributed by atoms with van der Waals surface area (Å²) in [5.41, 5.74) is 6.92. The van der Waals surface area contributed by atoms with Crippen molar-refractivity contribution in [1.82, 2.24) is 15.6 Å². The number of carbonyl (C=O) groups is 2. The zero-order chi connectivity index (χ0) is 14.5. The molecule has 0 radical (unpaired) electrons. The Labute approximate surface area is 114 Å². The Morgan fingerprint density at radius 2 is 1.95 bits per heavy atom. The minimum Gasteiger partial charge on any atom is -0.379 e. The van der Waals surface area contributed by atoms with Crippen molar-refractivity contribution in [2.45, 2.75) is 13.5 Å². The molecule has 0 aliphatic heterocycles. The molecule has 0 aliphatic rings. The molecule has 0 atom stereocenters. The Balaban J connectivity index is 1.93. The van der Waals surface area contributed by atoms with E-state index in [4.69, 9.17) is 5.73 Å². The predicted molar refractivity (Wildman–Crippen MR) is 70.6 cm³/mol. The molecule has 1 aromatic carbocycles. The predicted octanol–water partition coefficient (Wildman–Crippen LogP) is 0.540. The van der Waals surface area contributed by atoms with E-state index in [0.29, 0.717) is 12.2 Å². The van der Waals surface area contributed by atoms with Gasteiger partial charge < -0.3 is 16.4 Å². The first-order valence-electron chi connectivity index (χ1n) is 5.79. The molecule has 8 heteroatoms. The van der Waals surface area contributed by atoms with E-state index < -0.39 is 5.91 Å². The van der Waals surface area contributed by atoms with Crippen molar-refractivity contribution in [2.24, 2.45) is 0 Å². The number of nitrogens with one attached hydrogen (secondary N) is 2. The van der Waals surface area contributed by atoms with Gasteiger partial charge in [0.15, 0.2) is 0 Å². The first-order valence-corrected chi connectivity index (χ1v) is 5.79. The monoisotopic (exact) mass is 275 g/mol. The maximum Gasteiger partial charge on any atom is 0.277 e. The summed E-state index contributed by atoms with van der Waals surface area (Å²) in [5, 5.41) is 12.0. The molecule has 0 unspecified atom stereocenters. The van der Waals surface area contributed by atoms with E-state index in [1.807, 2.05) is 0 Å². The van der Waals surface area contributed by atoms with Crippen LogP contribution >= 0.6 is 0 Å². The lowest BCUT2D eigenvalue weighted by atomic mass is 10.2. The van der Waals surface area contributed by atoms with Gasteiger partial charge >= 0.3 is 0 Å². The summed E-state index contributed by atoms with van der Waals surface area (Å²) in [6.45, 7) is 1.73. The van der Waals surface area contributed by atoms with Gasteiger partial charge in [-0.15, -0.1) is 0 Å². The van der Waals surface area contributed by atoms with Crippen LogP contribution in [0, 0.1) is 0 Å². The summed E-state index contributed by atoms with van der Waals surface area (Å²) in [6, 6.07) is 7.07. The largest absolute Gasteiger partial charge is 0.379 e. The Morgan fingerprint density at radius 1 is 1.25 bits per heavy atom. The number of nitrogens with two attached hydrogens (primary N) is 1. The molecule has 0 spiro atoms. The number of hydrogen-bond acceptors (Lipinski definition) is 6. The lowest BCUT2D eigenvalue weighted by Crippen LogP contribution is -2.24. The molecule has 0 saturated heterocycles. The topological polar surface area (TPSA) is 123 Å². The van der Waals surface area contributed by atoms with Crippen LogP contribution in [-0.4, -0.2) is 22.1 Å². The average Bonchev–Trinajstić information content (AvgIpc) is 2.83. The summed E-state index contributed by atoms with van der Waals surface area (Å²) >= 11 is 0. The van der Waals surface area contributed by atoms with Crippen LogP contribution < -0.4 is 16.4 Å². The second-order valence-electron chi connectivity index (χ2n) is 4.06. The van der Waals surface area contributed by atoms with E-state index >= 15 is 0 Å². The first kappa shape index (κ1) is 13.5. The van der Waals surface area contributed by atoms with Gasteiger partial charge in [0.1, 0.15) is 0 Å². The molecule has 0 bridgehead atoms. The van der Waals surface area contributed by atoms with Crippen molar-refractivity contribution < 1.29 is 14.2 Å². The second-order valence-corrected chi connectivity index (χ2v) is 4.06. The Bertz CT molecular complexity index is 620. The number of nitrogens with zero attached hydrogens (tertiary/aromatic N) is 2. The number of carbonyl (C=O) groups excluding carboxylic acids is 2. The highest BCUT2D eigenvalue weighted by Gasteiger charge is 2.15. The highest BCUT2D eigenvalue weighted by Crippen LogP contribution is 2.10. The summed E-state index contributed by atoms with van der Waals surface area (Å²) in [6.07, 6.45) is 0. The van der Waals surface area contributed by atoms with Crippen LogP contribution in [0.2, 0.25) is 0 Å². The molecule has 104 valence electrons. The maximum absolute atomic E-state index is 11.7. The van der Waals surface area contributed by atoms with Gasteiger partial charge in [-0.25, -0.2) is 4.63 Å². The van der Waals surface area contributed by atoms with Gasteiger partial charge in [-0.3, -0.25) is 9.59 Å². The Morgan fingerprint density at radius 3 is 2.50 bits per heavy atom. The quantitative estimate of drug-likeness (QED) is 0.748. The fourth-order valence-electron chi connectivity index (χ4n) is 1.53. The number of rotatable bonds is 4. The normalized spacial score (nSPS) is 10.1. The van der Waals surface area contributed by atoms with Crippen LogP contribution in [0.5, 0.6) is 0 Å². The number of amides is 2. The van der Waals surface area contributed by atoms with Crippen LogP contribution in [0.1, 0.15) is 23.0 Å². The summed E-state index contributed by atoms with van der Waals surface area (Å²) in [7, 11) is 0. The van der Waals surface area contributed by atoms with Crippen molar-refractivity contribution in [3.05, 3.63) is 35.5 Å². The molecule has 0 aliphatic carbocycles. The minimum atomic E-state index is -0.463. The van der Waals surface area contributed by atoms with Crippen molar-refractivity contribution in [3.63, 3.8) is 0 Å². The van der Waals surface area contributed by atoms with E-state index in [9.17, 15) is 9.59 Å². The smallest absolute Gasteiger partial charge is 0.277 e. The second kappa shape index (κ2) is 5.83. The molecular weight excluding hydrogens is 262 g/mol. The van der Waals surface area contributed by atoms with Crippen LogP contribution in [-0.2, 0) is 11.3 Å². The summed E-state index contributed by atoms with van der Waals surface area (Å²) < 4.78 is 4.35. The first-order chi connectivity index (χ1) is 9.56. The molecule has 8 nitrogen and oxygen atoms in total. The van der Waals surface area contributed by atoms with Gasteiger partial charge in [0.2, 0.25) is 17.4 Å².